The van der Waals surface area contributed by atoms with Crippen molar-refractivity contribution in [1.29, 1.82) is 0 Å². The molecule has 0 fully saturated rings. The maximum absolute atomic E-state index is 4.15. The van der Waals surface area contributed by atoms with Gasteiger partial charge >= 0.3 is 0 Å². The minimum atomic E-state index is 0.846. The molecule has 0 unspecified atom stereocenters. The average molecular weight is 191 g/mol. The molecule has 0 bridgehead atoms. The third-order valence-electron chi connectivity index (χ3n) is 1.87. The molecular weight excluding hydrogens is 174 g/mol. The Morgan fingerprint density at radius 1 is 1.71 bits per heavy atom. The predicted octanol–water partition coefficient (Wildman–Crippen LogP) is 2.37. The van der Waals surface area contributed by atoms with Crippen molar-refractivity contribution < 1.29 is 0 Å². The lowest BCUT2D eigenvalue weighted by Gasteiger charge is -2.21. The summed E-state index contributed by atoms with van der Waals surface area (Å²) in [7, 11) is 0. The number of rotatable bonds is 6. The zero-order chi connectivity index (χ0) is 10.4. The summed E-state index contributed by atoms with van der Waals surface area (Å²) in [6, 6.07) is 1.96. The zero-order valence-corrected chi connectivity index (χ0v) is 8.66. The minimum absolute atomic E-state index is 0.846. The van der Waals surface area contributed by atoms with E-state index < -0.39 is 0 Å². The molecule has 1 rings (SSSR count). The third kappa shape index (κ3) is 3.09. The van der Waals surface area contributed by atoms with Crippen LogP contribution in [0.15, 0.2) is 37.1 Å². The van der Waals surface area contributed by atoms with E-state index in [0.29, 0.717) is 0 Å². The van der Waals surface area contributed by atoms with Crippen molar-refractivity contribution in [3.05, 3.63) is 37.1 Å². The van der Waals surface area contributed by atoms with E-state index in [-0.39, 0.29) is 0 Å². The predicted molar refractivity (Wildman–Crippen MR) is 60.4 cm³/mol. The molecule has 0 aliphatic carbocycles. The van der Waals surface area contributed by atoms with Crippen LogP contribution in [0.2, 0.25) is 0 Å². The first-order valence-corrected chi connectivity index (χ1v) is 4.74. The van der Waals surface area contributed by atoms with Gasteiger partial charge in [-0.25, -0.2) is 0 Å². The maximum Gasteiger partial charge on any atom is 0.150 e. The summed E-state index contributed by atoms with van der Waals surface area (Å²) in [6.45, 7) is 11.4. The maximum atomic E-state index is 4.15. The second-order valence-electron chi connectivity index (χ2n) is 3.39. The summed E-state index contributed by atoms with van der Waals surface area (Å²) in [5.74, 6) is 0.967. The van der Waals surface area contributed by atoms with Crippen LogP contribution in [0.3, 0.4) is 0 Å². The van der Waals surface area contributed by atoms with Gasteiger partial charge in [-0.15, -0.1) is 6.58 Å². The number of nitrogens with zero attached hydrogens (tertiary/aromatic N) is 2. The smallest absolute Gasteiger partial charge is 0.150 e. The number of H-pyrrole nitrogens is 1. The van der Waals surface area contributed by atoms with Crippen LogP contribution < -0.4 is 4.90 Å². The van der Waals surface area contributed by atoms with E-state index >= 15 is 0 Å². The Morgan fingerprint density at radius 2 is 2.50 bits per heavy atom. The van der Waals surface area contributed by atoms with Crippen LogP contribution in [0.5, 0.6) is 0 Å². The Balaban J connectivity index is 2.61. The zero-order valence-electron chi connectivity index (χ0n) is 8.66. The van der Waals surface area contributed by atoms with Crippen molar-refractivity contribution in [3.63, 3.8) is 0 Å². The van der Waals surface area contributed by atoms with Crippen molar-refractivity contribution in [2.45, 2.75) is 13.3 Å². The Bertz CT molecular complexity index is 287. The molecule has 0 saturated heterocycles. The first-order valence-electron chi connectivity index (χ1n) is 4.74. The van der Waals surface area contributed by atoms with E-state index in [9.17, 15) is 0 Å². The van der Waals surface area contributed by atoms with E-state index in [1.54, 1.807) is 0 Å². The highest BCUT2D eigenvalue weighted by Gasteiger charge is 2.06. The molecule has 0 radical (unpaired) electrons. The van der Waals surface area contributed by atoms with E-state index in [1.807, 2.05) is 25.3 Å². The van der Waals surface area contributed by atoms with Crippen LogP contribution in [0.1, 0.15) is 13.3 Å². The summed E-state index contributed by atoms with van der Waals surface area (Å²) in [5.41, 5.74) is 1.14. The number of aromatic nitrogens is 2. The molecule has 3 heteroatoms. The van der Waals surface area contributed by atoms with Crippen LogP contribution in [0.25, 0.3) is 0 Å². The lowest BCUT2D eigenvalue weighted by molar-refractivity contribution is 0.813. The molecule has 0 aliphatic rings. The molecule has 0 amide bonds. The first kappa shape index (κ1) is 10.6. The fraction of sp³-hybridized carbons (Fsp3) is 0.364. The molecule has 0 atom stereocenters. The van der Waals surface area contributed by atoms with E-state index in [2.05, 4.69) is 28.3 Å². The summed E-state index contributed by atoms with van der Waals surface area (Å²) in [6.07, 6.45) is 4.70. The second kappa shape index (κ2) is 5.27. The van der Waals surface area contributed by atoms with Crippen molar-refractivity contribution in [3.8, 4) is 0 Å². The summed E-state index contributed by atoms with van der Waals surface area (Å²) in [5, 5.41) is 6.96. The van der Waals surface area contributed by atoms with Crippen LogP contribution in [0.4, 0.5) is 5.82 Å². The van der Waals surface area contributed by atoms with Gasteiger partial charge in [-0.1, -0.05) is 18.2 Å². The standard InChI is InChI=1S/C11H17N3/c1-4-5-8-14(9-10(2)3)11-6-7-12-13-11/h4,6-7H,1-2,5,8-9H2,3H3,(H,12,13). The molecule has 14 heavy (non-hydrogen) atoms. The van der Waals surface area contributed by atoms with Gasteiger partial charge in [0.2, 0.25) is 0 Å². The topological polar surface area (TPSA) is 31.9 Å². The Morgan fingerprint density at radius 3 is 3.00 bits per heavy atom. The van der Waals surface area contributed by atoms with E-state index in [1.165, 1.54) is 0 Å². The molecule has 3 nitrogen and oxygen atoms in total. The second-order valence-corrected chi connectivity index (χ2v) is 3.39. The summed E-state index contributed by atoms with van der Waals surface area (Å²) < 4.78 is 0. The van der Waals surface area contributed by atoms with E-state index in [4.69, 9.17) is 0 Å². The van der Waals surface area contributed by atoms with Gasteiger partial charge in [0, 0.05) is 25.4 Å². The molecule has 76 valence electrons. The summed E-state index contributed by atoms with van der Waals surface area (Å²) >= 11 is 0. The van der Waals surface area contributed by atoms with Crippen molar-refractivity contribution in [2.24, 2.45) is 0 Å². The normalized spacial score (nSPS) is 9.79. The molecule has 1 heterocycles. The molecule has 0 saturated carbocycles. The highest BCUT2D eigenvalue weighted by atomic mass is 15.3. The Hall–Kier alpha value is -1.51. The van der Waals surface area contributed by atoms with Gasteiger partial charge in [0.1, 0.15) is 0 Å². The lowest BCUT2D eigenvalue weighted by Crippen LogP contribution is -2.26. The van der Waals surface area contributed by atoms with Gasteiger partial charge in [0.05, 0.1) is 0 Å². The minimum Gasteiger partial charge on any atom is -0.351 e. The Kier molecular flexibility index (Phi) is 3.98. The van der Waals surface area contributed by atoms with Crippen LogP contribution in [-0.2, 0) is 0 Å². The highest BCUT2D eigenvalue weighted by molar-refractivity contribution is 5.38. The lowest BCUT2D eigenvalue weighted by atomic mass is 10.3. The van der Waals surface area contributed by atoms with Crippen LogP contribution in [0, 0.1) is 0 Å². The monoisotopic (exact) mass is 191 g/mol. The first-order chi connectivity index (χ1) is 6.74. The van der Waals surface area contributed by atoms with Crippen molar-refractivity contribution in [1.82, 2.24) is 10.2 Å². The van der Waals surface area contributed by atoms with Crippen molar-refractivity contribution >= 4 is 5.82 Å². The third-order valence-corrected chi connectivity index (χ3v) is 1.87. The fourth-order valence-electron chi connectivity index (χ4n) is 1.28. The average Bonchev–Trinajstić information content (AvgIpc) is 2.64. The molecule has 0 aliphatic heterocycles. The number of aromatic amines is 1. The van der Waals surface area contributed by atoms with Crippen molar-refractivity contribution in [2.75, 3.05) is 18.0 Å². The van der Waals surface area contributed by atoms with Gasteiger partial charge in [0.25, 0.3) is 0 Å². The van der Waals surface area contributed by atoms with Gasteiger partial charge in [-0.05, 0) is 13.3 Å². The number of anilines is 1. The molecule has 0 spiro atoms. The number of hydrogen-bond donors (Lipinski definition) is 1. The summed E-state index contributed by atoms with van der Waals surface area (Å²) in [4.78, 5) is 2.18. The van der Waals surface area contributed by atoms with Crippen LogP contribution in [-0.4, -0.2) is 23.3 Å². The number of nitrogens with one attached hydrogen (secondary N) is 1. The fourth-order valence-corrected chi connectivity index (χ4v) is 1.28. The molecule has 0 aromatic carbocycles. The molecule has 1 N–H and O–H groups in total. The largest absolute Gasteiger partial charge is 0.351 e. The van der Waals surface area contributed by atoms with Gasteiger partial charge < -0.3 is 4.90 Å². The Labute approximate surface area is 85.1 Å². The quantitative estimate of drug-likeness (QED) is 0.700. The molecule has 1 aromatic rings. The van der Waals surface area contributed by atoms with Gasteiger partial charge in [0.15, 0.2) is 5.82 Å². The van der Waals surface area contributed by atoms with E-state index in [0.717, 1.165) is 30.9 Å². The molecule has 1 aromatic heterocycles. The molecular formula is C11H17N3. The SMILES string of the molecule is C=CCCN(CC(=C)C)c1cc[nH]n1. The van der Waals surface area contributed by atoms with Gasteiger partial charge in [-0.2, -0.15) is 5.10 Å². The van der Waals surface area contributed by atoms with Gasteiger partial charge in [-0.3, -0.25) is 5.10 Å². The number of hydrogen-bond acceptors (Lipinski definition) is 2. The highest BCUT2D eigenvalue weighted by Crippen LogP contribution is 2.10. The van der Waals surface area contributed by atoms with Crippen LogP contribution >= 0.6 is 0 Å².